The molecule has 0 aromatic rings. The number of amides is 3. The average Bonchev–Trinajstić information content (AvgIpc) is 2.14. The van der Waals surface area contributed by atoms with Crippen LogP contribution in [-0.2, 0) is 4.79 Å². The van der Waals surface area contributed by atoms with Crippen LogP contribution in [-0.4, -0.2) is 29.9 Å². The van der Waals surface area contributed by atoms with Gasteiger partial charge in [-0.15, -0.1) is 0 Å². The first-order chi connectivity index (χ1) is 7.15. The monoisotopic (exact) mass is 210 g/mol. The zero-order chi connectivity index (χ0) is 10.9. The second-order valence-electron chi connectivity index (χ2n) is 4.73. The third kappa shape index (κ3) is 1.98. The molecule has 84 valence electrons. The molecular formula is C11H18N2O2. The van der Waals surface area contributed by atoms with Crippen molar-refractivity contribution in [3.8, 4) is 0 Å². The SMILES string of the molecule is CCC1(CN2CCC(=O)NC2=O)CCC1. The second kappa shape index (κ2) is 3.83. The Morgan fingerprint density at radius 1 is 1.40 bits per heavy atom. The first kappa shape index (κ1) is 10.5. The van der Waals surface area contributed by atoms with E-state index in [2.05, 4.69) is 12.2 Å². The molecule has 1 saturated carbocycles. The summed E-state index contributed by atoms with van der Waals surface area (Å²) in [6.45, 7) is 3.60. The summed E-state index contributed by atoms with van der Waals surface area (Å²) in [5.41, 5.74) is 0.345. The molecule has 0 unspecified atom stereocenters. The van der Waals surface area contributed by atoms with Gasteiger partial charge in [-0.25, -0.2) is 4.79 Å². The standard InChI is InChI=1S/C11H18N2O2/c1-2-11(5-3-6-11)8-13-7-4-9(14)12-10(13)15/h2-8H2,1H3,(H,12,14,15). The fourth-order valence-corrected chi connectivity index (χ4v) is 2.45. The molecule has 0 aromatic heterocycles. The Kier molecular flexibility index (Phi) is 2.67. The van der Waals surface area contributed by atoms with Crippen LogP contribution in [0.25, 0.3) is 0 Å². The van der Waals surface area contributed by atoms with E-state index in [4.69, 9.17) is 0 Å². The van der Waals surface area contributed by atoms with Gasteiger partial charge in [0, 0.05) is 19.5 Å². The minimum absolute atomic E-state index is 0.143. The number of rotatable bonds is 3. The molecule has 1 saturated heterocycles. The van der Waals surface area contributed by atoms with Crippen LogP contribution in [0, 0.1) is 5.41 Å². The predicted octanol–water partition coefficient (Wildman–Crippen LogP) is 1.51. The predicted molar refractivity (Wildman–Crippen MR) is 56.3 cm³/mol. The number of hydrogen-bond acceptors (Lipinski definition) is 2. The van der Waals surface area contributed by atoms with Gasteiger partial charge in [0.25, 0.3) is 0 Å². The third-order valence-corrected chi connectivity index (χ3v) is 3.83. The minimum Gasteiger partial charge on any atom is -0.323 e. The highest BCUT2D eigenvalue weighted by molar-refractivity contribution is 5.96. The van der Waals surface area contributed by atoms with Gasteiger partial charge >= 0.3 is 6.03 Å². The van der Waals surface area contributed by atoms with Crippen LogP contribution in [0.3, 0.4) is 0 Å². The molecular weight excluding hydrogens is 192 g/mol. The van der Waals surface area contributed by atoms with Crippen molar-refractivity contribution in [1.29, 1.82) is 0 Å². The van der Waals surface area contributed by atoms with Crippen molar-refractivity contribution >= 4 is 11.9 Å². The van der Waals surface area contributed by atoms with E-state index >= 15 is 0 Å². The van der Waals surface area contributed by atoms with E-state index in [-0.39, 0.29) is 11.9 Å². The molecule has 4 heteroatoms. The molecule has 0 atom stereocenters. The van der Waals surface area contributed by atoms with Crippen molar-refractivity contribution in [2.45, 2.75) is 39.0 Å². The van der Waals surface area contributed by atoms with Crippen LogP contribution in [0.4, 0.5) is 4.79 Å². The molecule has 3 amide bonds. The molecule has 1 heterocycles. The lowest BCUT2D eigenvalue weighted by molar-refractivity contribution is -0.121. The van der Waals surface area contributed by atoms with Crippen LogP contribution in [0.15, 0.2) is 0 Å². The van der Waals surface area contributed by atoms with Gasteiger partial charge in [-0.05, 0) is 24.7 Å². The van der Waals surface area contributed by atoms with Crippen molar-refractivity contribution in [1.82, 2.24) is 10.2 Å². The molecule has 1 N–H and O–H groups in total. The summed E-state index contributed by atoms with van der Waals surface area (Å²) < 4.78 is 0. The molecule has 2 fully saturated rings. The quantitative estimate of drug-likeness (QED) is 0.767. The van der Waals surface area contributed by atoms with E-state index in [9.17, 15) is 9.59 Å². The number of imide groups is 1. The Balaban J connectivity index is 1.94. The van der Waals surface area contributed by atoms with Crippen molar-refractivity contribution in [3.63, 3.8) is 0 Å². The van der Waals surface area contributed by atoms with Gasteiger partial charge in [-0.1, -0.05) is 13.3 Å². The molecule has 4 nitrogen and oxygen atoms in total. The lowest BCUT2D eigenvalue weighted by Crippen LogP contribution is -2.53. The summed E-state index contributed by atoms with van der Waals surface area (Å²) in [5, 5.41) is 2.37. The Labute approximate surface area is 90.0 Å². The van der Waals surface area contributed by atoms with Crippen LogP contribution in [0.5, 0.6) is 0 Å². The molecule has 1 aliphatic carbocycles. The van der Waals surface area contributed by atoms with Gasteiger partial charge in [0.1, 0.15) is 0 Å². The molecule has 0 spiro atoms. The first-order valence-corrected chi connectivity index (χ1v) is 5.74. The zero-order valence-corrected chi connectivity index (χ0v) is 9.21. The molecule has 1 aliphatic heterocycles. The van der Waals surface area contributed by atoms with Crippen molar-refractivity contribution < 1.29 is 9.59 Å². The maximum absolute atomic E-state index is 11.5. The fraction of sp³-hybridized carbons (Fsp3) is 0.818. The molecule has 0 radical (unpaired) electrons. The third-order valence-electron chi connectivity index (χ3n) is 3.83. The van der Waals surface area contributed by atoms with Crippen LogP contribution >= 0.6 is 0 Å². The normalized spacial score (nSPS) is 24.7. The maximum Gasteiger partial charge on any atom is 0.324 e. The Morgan fingerprint density at radius 2 is 2.13 bits per heavy atom. The molecule has 2 rings (SSSR count). The summed E-state index contributed by atoms with van der Waals surface area (Å²) in [4.78, 5) is 24.3. The summed E-state index contributed by atoms with van der Waals surface area (Å²) >= 11 is 0. The highest BCUT2D eigenvalue weighted by Crippen LogP contribution is 2.44. The summed E-state index contributed by atoms with van der Waals surface area (Å²) in [6, 6.07) is -0.203. The number of hydrogen-bond donors (Lipinski definition) is 1. The Hall–Kier alpha value is -1.06. The smallest absolute Gasteiger partial charge is 0.323 e. The van der Waals surface area contributed by atoms with Crippen LogP contribution < -0.4 is 5.32 Å². The minimum atomic E-state index is -0.203. The van der Waals surface area contributed by atoms with Gasteiger partial charge in [0.2, 0.25) is 5.91 Å². The average molecular weight is 210 g/mol. The summed E-state index contributed by atoms with van der Waals surface area (Å²) in [5.74, 6) is -0.143. The number of nitrogens with zero attached hydrogens (tertiary/aromatic N) is 1. The largest absolute Gasteiger partial charge is 0.324 e. The van der Waals surface area contributed by atoms with Crippen LogP contribution in [0.1, 0.15) is 39.0 Å². The van der Waals surface area contributed by atoms with Gasteiger partial charge in [-0.2, -0.15) is 0 Å². The van der Waals surface area contributed by atoms with E-state index in [1.165, 1.54) is 19.3 Å². The van der Waals surface area contributed by atoms with E-state index in [1.807, 2.05) is 0 Å². The summed E-state index contributed by atoms with van der Waals surface area (Å²) in [7, 11) is 0. The van der Waals surface area contributed by atoms with E-state index in [0.29, 0.717) is 18.4 Å². The lowest BCUT2D eigenvalue weighted by atomic mass is 9.66. The van der Waals surface area contributed by atoms with E-state index in [0.717, 1.165) is 13.0 Å². The highest BCUT2D eigenvalue weighted by atomic mass is 16.2. The van der Waals surface area contributed by atoms with Gasteiger partial charge in [0.05, 0.1) is 0 Å². The molecule has 2 aliphatic rings. The lowest BCUT2D eigenvalue weighted by Gasteiger charge is -2.45. The first-order valence-electron chi connectivity index (χ1n) is 5.74. The van der Waals surface area contributed by atoms with Crippen LogP contribution in [0.2, 0.25) is 0 Å². The molecule has 0 aromatic carbocycles. The Morgan fingerprint density at radius 3 is 2.60 bits per heavy atom. The maximum atomic E-state index is 11.5. The van der Waals surface area contributed by atoms with Gasteiger partial charge < -0.3 is 4.90 Å². The van der Waals surface area contributed by atoms with E-state index < -0.39 is 0 Å². The number of carbonyl (C=O) groups excluding carboxylic acids is 2. The van der Waals surface area contributed by atoms with E-state index in [1.54, 1.807) is 4.90 Å². The fourth-order valence-electron chi connectivity index (χ4n) is 2.45. The van der Waals surface area contributed by atoms with Gasteiger partial charge in [0.15, 0.2) is 0 Å². The van der Waals surface area contributed by atoms with Crippen molar-refractivity contribution in [2.75, 3.05) is 13.1 Å². The number of nitrogens with one attached hydrogen (secondary N) is 1. The van der Waals surface area contributed by atoms with Crippen molar-refractivity contribution in [3.05, 3.63) is 0 Å². The van der Waals surface area contributed by atoms with Gasteiger partial charge in [-0.3, -0.25) is 10.1 Å². The molecule has 0 bridgehead atoms. The zero-order valence-electron chi connectivity index (χ0n) is 9.21. The topological polar surface area (TPSA) is 49.4 Å². The highest BCUT2D eigenvalue weighted by Gasteiger charge is 2.38. The Bertz CT molecular complexity index is 279. The number of carbonyl (C=O) groups is 2. The number of urea groups is 1. The second-order valence-corrected chi connectivity index (χ2v) is 4.73. The molecule has 15 heavy (non-hydrogen) atoms. The van der Waals surface area contributed by atoms with Crippen molar-refractivity contribution in [2.24, 2.45) is 5.41 Å². The summed E-state index contributed by atoms with van der Waals surface area (Å²) in [6.07, 6.45) is 5.31.